The lowest BCUT2D eigenvalue weighted by molar-refractivity contribution is -0.128. The number of benzene rings is 1. The summed E-state index contributed by atoms with van der Waals surface area (Å²) in [6.45, 7) is 1.70. The molecular formula is C11H13Cl3N2O3. The van der Waals surface area contributed by atoms with E-state index in [0.29, 0.717) is 18.8 Å². The molecule has 0 radical (unpaired) electrons. The molecule has 0 spiro atoms. The highest BCUT2D eigenvalue weighted by Gasteiger charge is 2.22. The average molecular weight is 328 g/mol. The van der Waals surface area contributed by atoms with E-state index in [1.54, 1.807) is 0 Å². The number of anilines is 1. The quantitative estimate of drug-likeness (QED) is 0.727. The van der Waals surface area contributed by atoms with E-state index in [2.05, 4.69) is 10.6 Å². The number of carbonyl (C=O) groups excluding carboxylic acids is 1. The molecule has 1 aromatic rings. The number of ether oxygens (including phenoxy) is 1. The van der Waals surface area contributed by atoms with Gasteiger partial charge in [0.2, 0.25) is 0 Å². The molecule has 1 amide bonds. The minimum absolute atomic E-state index is 0. The Morgan fingerprint density at radius 2 is 2.05 bits per heavy atom. The number of aromatic hydroxyl groups is 1. The number of morpholine rings is 1. The molecule has 1 heterocycles. The van der Waals surface area contributed by atoms with E-state index in [4.69, 9.17) is 27.9 Å². The van der Waals surface area contributed by atoms with Crippen LogP contribution in [0.4, 0.5) is 5.69 Å². The number of rotatable bonds is 2. The maximum absolute atomic E-state index is 11.9. The van der Waals surface area contributed by atoms with Crippen LogP contribution in [0.1, 0.15) is 0 Å². The molecule has 1 aliphatic rings. The molecule has 0 aliphatic carbocycles. The van der Waals surface area contributed by atoms with Crippen LogP contribution in [-0.2, 0) is 9.53 Å². The Labute approximate surface area is 126 Å². The molecule has 2 rings (SSSR count). The summed E-state index contributed by atoms with van der Waals surface area (Å²) in [6, 6.07) is 2.86. The number of carbonyl (C=O) groups is 1. The first-order valence-corrected chi connectivity index (χ1v) is 6.14. The normalized spacial score (nSPS) is 18.5. The van der Waals surface area contributed by atoms with Crippen molar-refractivity contribution in [2.24, 2.45) is 0 Å². The number of amides is 1. The lowest BCUT2D eigenvalue weighted by atomic mass is 10.2. The topological polar surface area (TPSA) is 70.6 Å². The predicted octanol–water partition coefficient (Wildman–Crippen LogP) is 2.05. The lowest BCUT2D eigenvalue weighted by Crippen LogP contribution is -2.45. The van der Waals surface area contributed by atoms with Crippen molar-refractivity contribution in [1.29, 1.82) is 0 Å². The van der Waals surface area contributed by atoms with E-state index in [-0.39, 0.29) is 34.1 Å². The third-order valence-electron chi connectivity index (χ3n) is 2.50. The van der Waals surface area contributed by atoms with Gasteiger partial charge in [0.15, 0.2) is 5.75 Å². The van der Waals surface area contributed by atoms with E-state index >= 15 is 0 Å². The Morgan fingerprint density at radius 3 is 2.58 bits per heavy atom. The molecule has 19 heavy (non-hydrogen) atoms. The summed E-state index contributed by atoms with van der Waals surface area (Å²) in [5.41, 5.74) is 0.418. The number of phenols is 1. The molecule has 1 saturated heterocycles. The SMILES string of the molecule is Cl.O=C(Nc1cc(Cl)c(O)c(Cl)c1)C1CNCCO1. The molecule has 0 bridgehead atoms. The molecule has 0 aromatic heterocycles. The summed E-state index contributed by atoms with van der Waals surface area (Å²) < 4.78 is 5.31. The molecule has 106 valence electrons. The van der Waals surface area contributed by atoms with Gasteiger partial charge in [-0.1, -0.05) is 23.2 Å². The number of hydrogen-bond donors (Lipinski definition) is 3. The number of halogens is 3. The smallest absolute Gasteiger partial charge is 0.254 e. The van der Waals surface area contributed by atoms with Gasteiger partial charge in [-0.2, -0.15) is 0 Å². The summed E-state index contributed by atoms with van der Waals surface area (Å²) in [5.74, 6) is -0.480. The largest absolute Gasteiger partial charge is 0.505 e. The van der Waals surface area contributed by atoms with Gasteiger partial charge in [-0.15, -0.1) is 12.4 Å². The van der Waals surface area contributed by atoms with Crippen LogP contribution in [0.15, 0.2) is 12.1 Å². The maximum Gasteiger partial charge on any atom is 0.254 e. The highest BCUT2D eigenvalue weighted by molar-refractivity contribution is 6.37. The highest BCUT2D eigenvalue weighted by atomic mass is 35.5. The fraction of sp³-hybridized carbons (Fsp3) is 0.364. The predicted molar refractivity (Wildman–Crippen MR) is 76.6 cm³/mol. The Hall–Kier alpha value is -0.720. The Bertz CT molecular complexity index is 441. The second kappa shape index (κ2) is 7.17. The van der Waals surface area contributed by atoms with Gasteiger partial charge in [-0.05, 0) is 12.1 Å². The van der Waals surface area contributed by atoms with Crippen LogP contribution in [0.3, 0.4) is 0 Å². The summed E-state index contributed by atoms with van der Waals surface area (Å²) >= 11 is 11.5. The van der Waals surface area contributed by atoms with Crippen LogP contribution in [0, 0.1) is 0 Å². The third-order valence-corrected chi connectivity index (χ3v) is 3.08. The Morgan fingerprint density at radius 1 is 1.42 bits per heavy atom. The number of nitrogens with one attached hydrogen (secondary N) is 2. The minimum atomic E-state index is -0.537. The number of phenolic OH excluding ortho intramolecular Hbond substituents is 1. The minimum Gasteiger partial charge on any atom is -0.505 e. The summed E-state index contributed by atoms with van der Waals surface area (Å²) in [7, 11) is 0. The molecule has 3 N–H and O–H groups in total. The van der Waals surface area contributed by atoms with Gasteiger partial charge in [0.1, 0.15) is 6.10 Å². The Balaban J connectivity index is 0.00000180. The van der Waals surface area contributed by atoms with E-state index < -0.39 is 6.10 Å². The summed E-state index contributed by atoms with van der Waals surface area (Å²) in [5, 5.41) is 15.3. The van der Waals surface area contributed by atoms with Crippen molar-refractivity contribution in [2.45, 2.75) is 6.10 Å². The second-order valence-electron chi connectivity index (χ2n) is 3.84. The van der Waals surface area contributed by atoms with Gasteiger partial charge in [-0.3, -0.25) is 4.79 Å². The molecule has 1 aromatic carbocycles. The van der Waals surface area contributed by atoms with E-state index in [0.717, 1.165) is 6.54 Å². The van der Waals surface area contributed by atoms with Gasteiger partial charge in [0, 0.05) is 18.8 Å². The molecule has 0 saturated carbocycles. The van der Waals surface area contributed by atoms with E-state index in [9.17, 15) is 9.90 Å². The monoisotopic (exact) mass is 326 g/mol. The second-order valence-corrected chi connectivity index (χ2v) is 4.66. The van der Waals surface area contributed by atoms with Gasteiger partial charge >= 0.3 is 0 Å². The maximum atomic E-state index is 11.9. The van der Waals surface area contributed by atoms with Crippen molar-refractivity contribution in [3.63, 3.8) is 0 Å². The molecule has 1 fully saturated rings. The van der Waals surface area contributed by atoms with Crippen LogP contribution in [0.2, 0.25) is 10.0 Å². The van der Waals surface area contributed by atoms with Gasteiger partial charge in [0.05, 0.1) is 16.7 Å². The zero-order valence-corrected chi connectivity index (χ0v) is 12.1. The first-order valence-electron chi connectivity index (χ1n) is 5.39. The molecular weight excluding hydrogens is 314 g/mol. The van der Waals surface area contributed by atoms with Crippen molar-refractivity contribution in [1.82, 2.24) is 5.32 Å². The standard InChI is InChI=1S/C11H12Cl2N2O3.ClH/c12-7-3-6(4-8(13)10(7)16)15-11(17)9-5-14-1-2-18-9;/h3-4,9,14,16H,1-2,5H2,(H,15,17);1H. The fourth-order valence-corrected chi connectivity index (χ4v) is 2.08. The highest BCUT2D eigenvalue weighted by Crippen LogP contribution is 2.34. The summed E-state index contributed by atoms with van der Waals surface area (Å²) in [4.78, 5) is 11.9. The van der Waals surface area contributed by atoms with Gasteiger partial charge < -0.3 is 20.5 Å². The van der Waals surface area contributed by atoms with E-state index in [1.807, 2.05) is 0 Å². The van der Waals surface area contributed by atoms with E-state index in [1.165, 1.54) is 12.1 Å². The fourth-order valence-electron chi connectivity index (χ4n) is 1.59. The first kappa shape index (κ1) is 16.3. The van der Waals surface area contributed by atoms with Crippen molar-refractivity contribution in [3.8, 4) is 5.75 Å². The summed E-state index contributed by atoms with van der Waals surface area (Å²) in [6.07, 6.45) is -0.537. The van der Waals surface area contributed by atoms with Crippen molar-refractivity contribution in [3.05, 3.63) is 22.2 Å². The molecule has 1 unspecified atom stereocenters. The number of hydrogen-bond acceptors (Lipinski definition) is 4. The Kier molecular flexibility index (Phi) is 6.16. The lowest BCUT2D eigenvalue weighted by Gasteiger charge is -2.22. The van der Waals surface area contributed by atoms with Crippen molar-refractivity contribution < 1.29 is 14.6 Å². The van der Waals surface area contributed by atoms with Gasteiger partial charge in [0.25, 0.3) is 5.91 Å². The molecule has 1 aliphatic heterocycles. The van der Waals surface area contributed by atoms with Crippen LogP contribution < -0.4 is 10.6 Å². The van der Waals surface area contributed by atoms with Gasteiger partial charge in [-0.25, -0.2) is 0 Å². The van der Waals surface area contributed by atoms with Crippen LogP contribution in [-0.4, -0.2) is 36.8 Å². The molecule has 1 atom stereocenters. The molecule has 5 nitrogen and oxygen atoms in total. The third kappa shape index (κ3) is 4.12. The van der Waals surface area contributed by atoms with Crippen LogP contribution >= 0.6 is 35.6 Å². The van der Waals surface area contributed by atoms with Crippen LogP contribution in [0.5, 0.6) is 5.75 Å². The zero-order valence-electron chi connectivity index (χ0n) is 9.78. The molecule has 8 heteroatoms. The first-order chi connectivity index (χ1) is 8.58. The van der Waals surface area contributed by atoms with Crippen molar-refractivity contribution >= 4 is 47.2 Å². The van der Waals surface area contributed by atoms with Crippen LogP contribution in [0.25, 0.3) is 0 Å². The van der Waals surface area contributed by atoms with Crippen molar-refractivity contribution in [2.75, 3.05) is 25.0 Å². The average Bonchev–Trinajstić information content (AvgIpc) is 2.37. The zero-order chi connectivity index (χ0) is 13.1.